The molecule has 5 rings (SSSR count). The number of benzene rings is 3. The molecular formula is C26H22N2O7. The number of furan rings is 1. The number of rotatable bonds is 6. The molecule has 1 aliphatic heterocycles. The zero-order valence-electron chi connectivity index (χ0n) is 19.0. The van der Waals surface area contributed by atoms with E-state index in [1.54, 1.807) is 60.7 Å². The van der Waals surface area contributed by atoms with E-state index in [4.69, 9.17) is 23.4 Å². The third kappa shape index (κ3) is 4.31. The highest BCUT2D eigenvalue weighted by Gasteiger charge is 2.24. The standard InChI is InChI=1S/C26H22N2O7/c1-31-19-9-7-15(13-21(19)32-2)25(29)28-23-17-5-3-4-6-18(17)35-24(23)26(30)27-16-8-10-20-22(14-16)34-12-11-33-20/h3-10,13-14H,11-12H2,1-2H3,(H,27,30)(H,28,29). The third-order valence-electron chi connectivity index (χ3n) is 5.49. The van der Waals surface area contributed by atoms with E-state index in [0.29, 0.717) is 58.4 Å². The lowest BCUT2D eigenvalue weighted by Gasteiger charge is -2.18. The van der Waals surface area contributed by atoms with Gasteiger partial charge in [0.2, 0.25) is 5.76 Å². The highest BCUT2D eigenvalue weighted by Crippen LogP contribution is 2.35. The van der Waals surface area contributed by atoms with Crippen LogP contribution in [0.4, 0.5) is 11.4 Å². The van der Waals surface area contributed by atoms with Crippen LogP contribution in [0.5, 0.6) is 23.0 Å². The van der Waals surface area contributed by atoms with Crippen molar-refractivity contribution in [3.05, 3.63) is 72.0 Å². The van der Waals surface area contributed by atoms with Crippen molar-refractivity contribution in [1.82, 2.24) is 0 Å². The van der Waals surface area contributed by atoms with Crippen LogP contribution in [0, 0.1) is 0 Å². The minimum absolute atomic E-state index is 0.0325. The van der Waals surface area contributed by atoms with Gasteiger partial charge in [0, 0.05) is 22.7 Å². The lowest BCUT2D eigenvalue weighted by molar-refractivity contribution is 0.0999. The summed E-state index contributed by atoms with van der Waals surface area (Å²) in [5.41, 5.74) is 1.54. The molecule has 2 N–H and O–H groups in total. The molecule has 2 amide bonds. The van der Waals surface area contributed by atoms with E-state index in [-0.39, 0.29) is 11.4 Å². The predicted octanol–water partition coefficient (Wildman–Crippen LogP) is 4.73. The van der Waals surface area contributed by atoms with Crippen LogP contribution in [0.2, 0.25) is 0 Å². The summed E-state index contributed by atoms with van der Waals surface area (Å²) < 4.78 is 27.5. The van der Waals surface area contributed by atoms with E-state index < -0.39 is 11.8 Å². The van der Waals surface area contributed by atoms with Gasteiger partial charge in [-0.15, -0.1) is 0 Å². The number of hydrogen-bond donors (Lipinski definition) is 2. The van der Waals surface area contributed by atoms with Gasteiger partial charge in [0.15, 0.2) is 23.0 Å². The molecule has 1 aliphatic rings. The van der Waals surface area contributed by atoms with Gasteiger partial charge in [-0.1, -0.05) is 12.1 Å². The van der Waals surface area contributed by atoms with Gasteiger partial charge in [-0.05, 0) is 42.5 Å². The highest BCUT2D eigenvalue weighted by atomic mass is 16.6. The van der Waals surface area contributed by atoms with E-state index in [2.05, 4.69) is 10.6 Å². The van der Waals surface area contributed by atoms with Crippen molar-refractivity contribution in [2.45, 2.75) is 0 Å². The molecule has 9 heteroatoms. The van der Waals surface area contributed by atoms with Crippen molar-refractivity contribution in [2.75, 3.05) is 38.1 Å². The summed E-state index contributed by atoms with van der Waals surface area (Å²) in [6.07, 6.45) is 0. The van der Waals surface area contributed by atoms with E-state index >= 15 is 0 Å². The Morgan fingerprint density at radius 3 is 2.37 bits per heavy atom. The van der Waals surface area contributed by atoms with Crippen molar-refractivity contribution in [1.29, 1.82) is 0 Å². The molecule has 0 bridgehead atoms. The molecule has 0 saturated heterocycles. The molecule has 0 atom stereocenters. The molecule has 0 aliphatic carbocycles. The summed E-state index contributed by atoms with van der Waals surface area (Å²) in [4.78, 5) is 26.3. The van der Waals surface area contributed by atoms with Gasteiger partial charge in [-0.25, -0.2) is 0 Å². The van der Waals surface area contributed by atoms with Crippen molar-refractivity contribution in [2.24, 2.45) is 0 Å². The fourth-order valence-corrected chi connectivity index (χ4v) is 3.80. The molecule has 0 unspecified atom stereocenters. The largest absolute Gasteiger partial charge is 0.493 e. The highest BCUT2D eigenvalue weighted by molar-refractivity contribution is 6.17. The average Bonchev–Trinajstić information content (AvgIpc) is 3.26. The van der Waals surface area contributed by atoms with Gasteiger partial charge in [-0.3, -0.25) is 9.59 Å². The van der Waals surface area contributed by atoms with Crippen molar-refractivity contribution >= 4 is 34.2 Å². The van der Waals surface area contributed by atoms with Gasteiger partial charge >= 0.3 is 0 Å². The zero-order chi connectivity index (χ0) is 24.4. The first-order valence-electron chi connectivity index (χ1n) is 10.8. The first-order chi connectivity index (χ1) is 17.1. The minimum atomic E-state index is -0.527. The van der Waals surface area contributed by atoms with Crippen LogP contribution in [-0.2, 0) is 0 Å². The van der Waals surface area contributed by atoms with Crippen molar-refractivity contribution < 1.29 is 33.0 Å². The third-order valence-corrected chi connectivity index (χ3v) is 5.49. The summed E-state index contributed by atoms with van der Waals surface area (Å²) in [6, 6.07) is 17.0. The number of carbonyl (C=O) groups excluding carboxylic acids is 2. The number of carbonyl (C=O) groups is 2. The van der Waals surface area contributed by atoms with Crippen LogP contribution in [0.3, 0.4) is 0 Å². The van der Waals surface area contributed by atoms with Gasteiger partial charge in [0.05, 0.1) is 14.2 Å². The van der Waals surface area contributed by atoms with E-state index in [1.165, 1.54) is 14.2 Å². The fraction of sp³-hybridized carbons (Fsp3) is 0.154. The van der Waals surface area contributed by atoms with Gasteiger partial charge in [0.1, 0.15) is 24.5 Å². The fourth-order valence-electron chi connectivity index (χ4n) is 3.80. The molecule has 35 heavy (non-hydrogen) atoms. The van der Waals surface area contributed by atoms with Gasteiger partial charge in [0.25, 0.3) is 11.8 Å². The van der Waals surface area contributed by atoms with Crippen LogP contribution < -0.4 is 29.6 Å². The first kappa shape index (κ1) is 22.1. The number of ether oxygens (including phenoxy) is 4. The monoisotopic (exact) mass is 474 g/mol. The summed E-state index contributed by atoms with van der Waals surface area (Å²) in [5.74, 6) is 1.06. The van der Waals surface area contributed by atoms with Crippen LogP contribution in [-0.4, -0.2) is 39.2 Å². The normalized spacial score (nSPS) is 12.2. The van der Waals surface area contributed by atoms with Crippen LogP contribution in [0.15, 0.2) is 65.1 Å². The molecule has 0 spiro atoms. The van der Waals surface area contributed by atoms with E-state index in [0.717, 1.165) is 0 Å². The number of anilines is 2. The number of fused-ring (bicyclic) bond motifs is 2. The lowest BCUT2D eigenvalue weighted by atomic mass is 10.1. The SMILES string of the molecule is COc1ccc(C(=O)Nc2c(C(=O)Nc3ccc4c(c3)OCCO4)oc3ccccc23)cc1OC. The molecule has 0 saturated carbocycles. The molecule has 9 nitrogen and oxygen atoms in total. The van der Waals surface area contributed by atoms with Crippen LogP contribution >= 0.6 is 0 Å². The molecule has 0 radical (unpaired) electrons. The Labute approximate surface area is 200 Å². The number of nitrogens with one attached hydrogen (secondary N) is 2. The zero-order valence-corrected chi connectivity index (χ0v) is 19.0. The molecular weight excluding hydrogens is 452 g/mol. The van der Waals surface area contributed by atoms with Crippen LogP contribution in [0.1, 0.15) is 20.9 Å². The van der Waals surface area contributed by atoms with Crippen molar-refractivity contribution in [3.8, 4) is 23.0 Å². The molecule has 178 valence electrons. The summed E-state index contributed by atoms with van der Waals surface area (Å²) in [5, 5.41) is 6.21. The maximum absolute atomic E-state index is 13.2. The maximum Gasteiger partial charge on any atom is 0.293 e. The maximum atomic E-state index is 13.2. The average molecular weight is 474 g/mol. The lowest BCUT2D eigenvalue weighted by Crippen LogP contribution is -2.18. The quantitative estimate of drug-likeness (QED) is 0.416. The smallest absolute Gasteiger partial charge is 0.293 e. The number of para-hydroxylation sites is 1. The molecule has 4 aromatic rings. The number of hydrogen-bond acceptors (Lipinski definition) is 7. The predicted molar refractivity (Wildman–Crippen MR) is 129 cm³/mol. The topological polar surface area (TPSA) is 108 Å². The molecule has 1 aromatic heterocycles. The van der Waals surface area contributed by atoms with Gasteiger partial charge in [-0.2, -0.15) is 0 Å². The van der Waals surface area contributed by atoms with E-state index in [9.17, 15) is 9.59 Å². The second-order valence-electron chi connectivity index (χ2n) is 7.64. The number of methoxy groups -OCH3 is 2. The molecule has 0 fully saturated rings. The first-order valence-corrected chi connectivity index (χ1v) is 10.8. The number of amides is 2. The second kappa shape index (κ2) is 9.30. The summed E-state index contributed by atoms with van der Waals surface area (Å²) >= 11 is 0. The Morgan fingerprint density at radius 1 is 0.800 bits per heavy atom. The molecule has 2 heterocycles. The minimum Gasteiger partial charge on any atom is -0.493 e. The van der Waals surface area contributed by atoms with Crippen molar-refractivity contribution in [3.63, 3.8) is 0 Å². The second-order valence-corrected chi connectivity index (χ2v) is 7.64. The Kier molecular flexibility index (Phi) is 5.88. The van der Waals surface area contributed by atoms with Crippen LogP contribution in [0.25, 0.3) is 11.0 Å². The Bertz CT molecular complexity index is 1430. The Hall–Kier alpha value is -4.66. The summed E-state index contributed by atoms with van der Waals surface area (Å²) in [7, 11) is 3.01. The van der Waals surface area contributed by atoms with E-state index in [1.807, 2.05) is 0 Å². The Morgan fingerprint density at radius 2 is 1.57 bits per heavy atom. The van der Waals surface area contributed by atoms with Gasteiger partial charge < -0.3 is 34.0 Å². The molecule has 3 aromatic carbocycles. The summed E-state index contributed by atoms with van der Waals surface area (Å²) in [6.45, 7) is 0.904. The Balaban J connectivity index is 1.45.